The van der Waals surface area contributed by atoms with E-state index in [2.05, 4.69) is 13.5 Å². The Balaban J connectivity index is 2.00. The molecule has 0 bridgehead atoms. The van der Waals surface area contributed by atoms with Crippen LogP contribution in [0.5, 0.6) is 0 Å². The van der Waals surface area contributed by atoms with Crippen molar-refractivity contribution < 1.29 is 4.74 Å². The molecule has 0 aromatic heterocycles. The first-order chi connectivity index (χ1) is 6.36. The number of ether oxygens (including phenoxy) is 1. The Morgan fingerprint density at radius 1 is 1.31 bits per heavy atom. The van der Waals surface area contributed by atoms with Crippen molar-refractivity contribution in [3.8, 4) is 0 Å². The third kappa shape index (κ3) is 3.95. The van der Waals surface area contributed by atoms with Gasteiger partial charge in [-0.05, 0) is 19.3 Å². The average Bonchev–Trinajstić information content (AvgIpc) is 2.60. The Hall–Kier alpha value is -0.300. The van der Waals surface area contributed by atoms with E-state index >= 15 is 0 Å². The molecule has 0 aliphatic carbocycles. The molecule has 76 valence electrons. The fraction of sp³-hybridized carbons (Fsp3) is 0.833. The second-order valence-electron chi connectivity index (χ2n) is 3.96. The maximum absolute atomic E-state index is 5.77. The van der Waals surface area contributed by atoms with Crippen molar-refractivity contribution in [1.29, 1.82) is 0 Å². The lowest BCUT2D eigenvalue weighted by Gasteiger charge is -2.10. The average molecular weight is 182 g/mol. The molecule has 0 unspecified atom stereocenters. The highest BCUT2D eigenvalue weighted by molar-refractivity contribution is 4.86. The topological polar surface area (TPSA) is 9.23 Å². The summed E-state index contributed by atoms with van der Waals surface area (Å²) in [6, 6.07) is 0. The minimum Gasteiger partial charge on any atom is -0.371 e. The molecule has 1 fully saturated rings. The molecule has 0 radical (unpaired) electrons. The molecule has 0 aromatic rings. The molecule has 0 amide bonds. The summed E-state index contributed by atoms with van der Waals surface area (Å²) in [4.78, 5) is 0. The van der Waals surface area contributed by atoms with Crippen LogP contribution in [0.1, 0.15) is 51.9 Å². The molecular formula is C12H22O. The van der Waals surface area contributed by atoms with Gasteiger partial charge in [-0.25, -0.2) is 0 Å². The van der Waals surface area contributed by atoms with Crippen LogP contribution in [0.2, 0.25) is 0 Å². The lowest BCUT2D eigenvalue weighted by atomic mass is 10.1. The van der Waals surface area contributed by atoms with E-state index < -0.39 is 0 Å². The van der Waals surface area contributed by atoms with Gasteiger partial charge in [0.1, 0.15) is 0 Å². The second-order valence-corrected chi connectivity index (χ2v) is 3.96. The molecule has 1 nitrogen and oxygen atoms in total. The van der Waals surface area contributed by atoms with E-state index in [1.807, 2.05) is 6.08 Å². The van der Waals surface area contributed by atoms with E-state index in [1.165, 1.54) is 44.9 Å². The van der Waals surface area contributed by atoms with Crippen LogP contribution in [0.15, 0.2) is 12.7 Å². The molecular weight excluding hydrogens is 160 g/mol. The van der Waals surface area contributed by atoms with Gasteiger partial charge in [0.25, 0.3) is 0 Å². The van der Waals surface area contributed by atoms with E-state index in [-0.39, 0.29) is 0 Å². The number of rotatable bonds is 6. The van der Waals surface area contributed by atoms with Crippen LogP contribution in [0, 0.1) is 0 Å². The van der Waals surface area contributed by atoms with Crippen LogP contribution >= 0.6 is 0 Å². The molecule has 0 N–H and O–H groups in total. The van der Waals surface area contributed by atoms with Crippen molar-refractivity contribution in [3.05, 3.63) is 12.7 Å². The number of hydrogen-bond donors (Lipinski definition) is 0. The Morgan fingerprint density at radius 3 is 2.77 bits per heavy atom. The number of unbranched alkanes of at least 4 members (excludes halogenated alkanes) is 3. The standard InChI is InChI=1S/C12H22O/c1-3-5-6-7-8-12-10-9-11(4-2)13-12/h4,11-12H,2-3,5-10H2,1H3/t11-,12+/m0/s1. The summed E-state index contributed by atoms with van der Waals surface area (Å²) in [5.41, 5.74) is 0. The van der Waals surface area contributed by atoms with E-state index in [0.29, 0.717) is 12.2 Å². The Labute approximate surface area is 82.2 Å². The first-order valence-corrected chi connectivity index (χ1v) is 5.64. The highest BCUT2D eigenvalue weighted by Crippen LogP contribution is 2.24. The van der Waals surface area contributed by atoms with Gasteiger partial charge in [0.15, 0.2) is 0 Å². The normalized spacial score (nSPS) is 27.8. The van der Waals surface area contributed by atoms with Crippen LogP contribution in [0.3, 0.4) is 0 Å². The van der Waals surface area contributed by atoms with Gasteiger partial charge in [-0.3, -0.25) is 0 Å². The van der Waals surface area contributed by atoms with Gasteiger partial charge in [-0.15, -0.1) is 6.58 Å². The van der Waals surface area contributed by atoms with E-state index in [1.54, 1.807) is 0 Å². The quantitative estimate of drug-likeness (QED) is 0.449. The SMILES string of the molecule is C=C[C@H]1CC[C@@H](CCCCCC)O1. The Morgan fingerprint density at radius 2 is 2.15 bits per heavy atom. The van der Waals surface area contributed by atoms with Crippen LogP contribution in [0.25, 0.3) is 0 Å². The van der Waals surface area contributed by atoms with Crippen molar-refractivity contribution >= 4 is 0 Å². The molecule has 1 heteroatoms. The zero-order valence-corrected chi connectivity index (χ0v) is 8.80. The van der Waals surface area contributed by atoms with Crippen molar-refractivity contribution in [3.63, 3.8) is 0 Å². The van der Waals surface area contributed by atoms with Gasteiger partial charge < -0.3 is 4.74 Å². The Kier molecular flexibility index (Phi) is 5.14. The van der Waals surface area contributed by atoms with Gasteiger partial charge in [0.2, 0.25) is 0 Å². The highest BCUT2D eigenvalue weighted by atomic mass is 16.5. The summed E-state index contributed by atoms with van der Waals surface area (Å²) in [6.45, 7) is 6.01. The van der Waals surface area contributed by atoms with Crippen molar-refractivity contribution in [2.45, 2.75) is 64.1 Å². The molecule has 0 aromatic carbocycles. The third-order valence-corrected chi connectivity index (χ3v) is 2.78. The van der Waals surface area contributed by atoms with E-state index in [0.717, 1.165) is 0 Å². The maximum atomic E-state index is 5.77. The largest absolute Gasteiger partial charge is 0.371 e. The number of hydrogen-bond acceptors (Lipinski definition) is 1. The van der Waals surface area contributed by atoms with Crippen molar-refractivity contribution in [2.24, 2.45) is 0 Å². The van der Waals surface area contributed by atoms with Crippen LogP contribution in [0.4, 0.5) is 0 Å². The lowest BCUT2D eigenvalue weighted by Crippen LogP contribution is -2.08. The first kappa shape index (κ1) is 10.8. The third-order valence-electron chi connectivity index (χ3n) is 2.78. The summed E-state index contributed by atoms with van der Waals surface area (Å²) < 4.78 is 5.77. The van der Waals surface area contributed by atoms with Gasteiger partial charge >= 0.3 is 0 Å². The molecule has 1 saturated heterocycles. The Bertz CT molecular complexity index is 142. The van der Waals surface area contributed by atoms with Gasteiger partial charge in [0, 0.05) is 0 Å². The van der Waals surface area contributed by atoms with Crippen LogP contribution in [-0.2, 0) is 4.74 Å². The maximum Gasteiger partial charge on any atom is 0.0757 e. The van der Waals surface area contributed by atoms with Crippen LogP contribution < -0.4 is 0 Å². The molecule has 1 heterocycles. The minimum atomic E-state index is 0.344. The summed E-state index contributed by atoms with van der Waals surface area (Å²) in [5.74, 6) is 0. The monoisotopic (exact) mass is 182 g/mol. The van der Waals surface area contributed by atoms with Crippen molar-refractivity contribution in [2.75, 3.05) is 0 Å². The molecule has 1 rings (SSSR count). The highest BCUT2D eigenvalue weighted by Gasteiger charge is 2.21. The molecule has 1 aliphatic heterocycles. The molecule has 13 heavy (non-hydrogen) atoms. The fourth-order valence-corrected chi connectivity index (χ4v) is 1.92. The molecule has 0 spiro atoms. The summed E-state index contributed by atoms with van der Waals surface area (Å²) in [6.07, 6.45) is 11.9. The minimum absolute atomic E-state index is 0.344. The predicted octanol–water partition coefficient (Wildman–Crippen LogP) is 3.69. The zero-order chi connectivity index (χ0) is 9.52. The zero-order valence-electron chi connectivity index (χ0n) is 8.80. The summed E-state index contributed by atoms with van der Waals surface area (Å²) >= 11 is 0. The van der Waals surface area contributed by atoms with Gasteiger partial charge in [-0.1, -0.05) is 38.7 Å². The van der Waals surface area contributed by atoms with Crippen molar-refractivity contribution in [1.82, 2.24) is 0 Å². The lowest BCUT2D eigenvalue weighted by molar-refractivity contribution is 0.0642. The predicted molar refractivity (Wildman–Crippen MR) is 56.9 cm³/mol. The first-order valence-electron chi connectivity index (χ1n) is 5.64. The van der Waals surface area contributed by atoms with Crippen LogP contribution in [-0.4, -0.2) is 12.2 Å². The van der Waals surface area contributed by atoms with E-state index in [9.17, 15) is 0 Å². The van der Waals surface area contributed by atoms with Gasteiger partial charge in [0.05, 0.1) is 12.2 Å². The molecule has 2 atom stereocenters. The van der Waals surface area contributed by atoms with E-state index in [4.69, 9.17) is 4.74 Å². The smallest absolute Gasteiger partial charge is 0.0757 e. The second kappa shape index (κ2) is 6.20. The molecule has 0 saturated carbocycles. The fourth-order valence-electron chi connectivity index (χ4n) is 1.92. The van der Waals surface area contributed by atoms with Gasteiger partial charge in [-0.2, -0.15) is 0 Å². The summed E-state index contributed by atoms with van der Waals surface area (Å²) in [7, 11) is 0. The summed E-state index contributed by atoms with van der Waals surface area (Å²) in [5, 5.41) is 0. The molecule has 1 aliphatic rings.